The van der Waals surface area contributed by atoms with Crippen LogP contribution in [0, 0.1) is 6.92 Å². The Hall–Kier alpha value is -2.43. The topological polar surface area (TPSA) is 55.2 Å². The van der Waals surface area contributed by atoms with Gasteiger partial charge >= 0.3 is 0 Å². The van der Waals surface area contributed by atoms with Gasteiger partial charge in [0.1, 0.15) is 6.54 Å². The molecule has 0 aliphatic carbocycles. The molecule has 0 N–H and O–H groups in total. The molecule has 2 aromatic heterocycles. The van der Waals surface area contributed by atoms with Gasteiger partial charge in [0.15, 0.2) is 0 Å². The van der Waals surface area contributed by atoms with Crippen molar-refractivity contribution in [3.63, 3.8) is 0 Å². The summed E-state index contributed by atoms with van der Waals surface area (Å²) in [4.78, 5) is 30.1. The lowest BCUT2D eigenvalue weighted by molar-refractivity contribution is -0.131. The molecule has 2 heterocycles. The maximum absolute atomic E-state index is 12.4. The van der Waals surface area contributed by atoms with Crippen molar-refractivity contribution in [1.29, 1.82) is 0 Å². The fourth-order valence-electron chi connectivity index (χ4n) is 2.30. The van der Waals surface area contributed by atoms with E-state index in [-0.39, 0.29) is 18.0 Å². The monoisotopic (exact) mass is 299 g/mol. The summed E-state index contributed by atoms with van der Waals surface area (Å²) in [7, 11) is 0. The summed E-state index contributed by atoms with van der Waals surface area (Å²) < 4.78 is 1.47. The van der Waals surface area contributed by atoms with Crippen LogP contribution in [0.5, 0.6) is 0 Å². The molecule has 2 rings (SSSR count). The summed E-state index contributed by atoms with van der Waals surface area (Å²) in [5, 5.41) is 0. The molecule has 5 nitrogen and oxygen atoms in total. The average Bonchev–Trinajstić information content (AvgIpc) is 2.53. The number of amides is 1. The fraction of sp³-hybridized carbons (Fsp3) is 0.353. The highest BCUT2D eigenvalue weighted by molar-refractivity contribution is 5.76. The van der Waals surface area contributed by atoms with E-state index in [4.69, 9.17) is 0 Å². The number of carbonyl (C=O) groups excluding carboxylic acids is 1. The quantitative estimate of drug-likeness (QED) is 0.815. The van der Waals surface area contributed by atoms with Crippen LogP contribution in [0.1, 0.15) is 18.1 Å². The van der Waals surface area contributed by atoms with E-state index in [1.54, 1.807) is 42.5 Å². The van der Waals surface area contributed by atoms with Crippen molar-refractivity contribution in [2.75, 3.05) is 13.1 Å². The Morgan fingerprint density at radius 2 is 2.00 bits per heavy atom. The van der Waals surface area contributed by atoms with Gasteiger partial charge < -0.3 is 9.47 Å². The van der Waals surface area contributed by atoms with Gasteiger partial charge in [0, 0.05) is 37.2 Å². The second-order valence-electron chi connectivity index (χ2n) is 5.20. The molecule has 0 saturated carbocycles. The third kappa shape index (κ3) is 4.04. The Labute approximate surface area is 130 Å². The maximum Gasteiger partial charge on any atom is 0.253 e. The molecule has 2 aromatic rings. The van der Waals surface area contributed by atoms with E-state index in [1.165, 1.54) is 4.57 Å². The minimum Gasteiger partial charge on any atom is -0.341 e. The van der Waals surface area contributed by atoms with Crippen molar-refractivity contribution in [2.45, 2.75) is 26.8 Å². The fourth-order valence-corrected chi connectivity index (χ4v) is 2.30. The number of hydrogen-bond acceptors (Lipinski definition) is 3. The highest BCUT2D eigenvalue weighted by atomic mass is 16.2. The first-order chi connectivity index (χ1) is 10.6. The summed E-state index contributed by atoms with van der Waals surface area (Å²) >= 11 is 0. The van der Waals surface area contributed by atoms with E-state index in [9.17, 15) is 9.59 Å². The predicted octanol–water partition coefficient (Wildman–Crippen LogP) is 1.64. The third-order valence-corrected chi connectivity index (χ3v) is 3.67. The Bertz CT molecular complexity index is 680. The molecule has 1 amide bonds. The van der Waals surface area contributed by atoms with E-state index in [0.717, 1.165) is 12.0 Å². The van der Waals surface area contributed by atoms with Gasteiger partial charge in [-0.2, -0.15) is 0 Å². The second kappa shape index (κ2) is 7.54. The molecule has 0 atom stereocenters. The maximum atomic E-state index is 12.4. The molecular formula is C17H21N3O2. The minimum absolute atomic E-state index is 0.0377. The van der Waals surface area contributed by atoms with Crippen molar-refractivity contribution in [3.8, 4) is 0 Å². The summed E-state index contributed by atoms with van der Waals surface area (Å²) in [5.74, 6) is -0.0377. The number of pyridine rings is 2. The Morgan fingerprint density at radius 1 is 1.27 bits per heavy atom. The van der Waals surface area contributed by atoms with Crippen molar-refractivity contribution < 1.29 is 4.79 Å². The van der Waals surface area contributed by atoms with Crippen LogP contribution >= 0.6 is 0 Å². The number of aromatic nitrogens is 2. The molecule has 0 fully saturated rings. The molecule has 116 valence electrons. The number of carbonyl (C=O) groups is 1. The number of hydrogen-bond donors (Lipinski definition) is 0. The van der Waals surface area contributed by atoms with E-state index in [2.05, 4.69) is 4.98 Å². The highest BCUT2D eigenvalue weighted by Crippen LogP contribution is 2.01. The molecule has 0 unspecified atom stereocenters. The minimum atomic E-state index is -0.110. The molecule has 0 aliphatic rings. The number of aryl methyl sites for hydroxylation is 1. The standard InChI is InChI=1S/C17H21N3O2/c1-3-19(12-8-15-6-9-18-10-7-15)16(21)13-20-11-4-5-14(2)17(20)22/h4-7,9-11H,3,8,12-13H2,1-2H3. The van der Waals surface area contributed by atoms with Crippen molar-refractivity contribution in [1.82, 2.24) is 14.5 Å². The molecular weight excluding hydrogens is 278 g/mol. The molecule has 0 saturated heterocycles. The number of likely N-dealkylation sites (N-methyl/N-ethyl adjacent to an activating group) is 1. The van der Waals surface area contributed by atoms with E-state index < -0.39 is 0 Å². The van der Waals surface area contributed by atoms with Gasteiger partial charge in [-0.15, -0.1) is 0 Å². The number of nitrogens with zero attached hydrogens (tertiary/aromatic N) is 3. The largest absolute Gasteiger partial charge is 0.341 e. The zero-order valence-electron chi connectivity index (χ0n) is 13.0. The van der Waals surface area contributed by atoms with Gasteiger partial charge in [0.05, 0.1) is 0 Å². The molecule has 0 aromatic carbocycles. The van der Waals surface area contributed by atoms with Gasteiger partial charge in [-0.3, -0.25) is 14.6 Å². The average molecular weight is 299 g/mol. The Morgan fingerprint density at radius 3 is 2.68 bits per heavy atom. The van der Waals surface area contributed by atoms with E-state index in [0.29, 0.717) is 18.7 Å². The Kier molecular flexibility index (Phi) is 5.47. The molecule has 0 bridgehead atoms. The predicted molar refractivity (Wildman–Crippen MR) is 85.6 cm³/mol. The molecule has 22 heavy (non-hydrogen) atoms. The summed E-state index contributed by atoms with van der Waals surface area (Å²) in [6.45, 7) is 5.06. The zero-order chi connectivity index (χ0) is 15.9. The third-order valence-electron chi connectivity index (χ3n) is 3.67. The highest BCUT2D eigenvalue weighted by Gasteiger charge is 2.13. The Balaban J connectivity index is 2.00. The van der Waals surface area contributed by atoms with E-state index >= 15 is 0 Å². The molecule has 5 heteroatoms. The first-order valence-corrected chi connectivity index (χ1v) is 7.44. The van der Waals surface area contributed by atoms with Crippen LogP contribution in [0.4, 0.5) is 0 Å². The van der Waals surface area contributed by atoms with Crippen molar-refractivity contribution in [3.05, 3.63) is 64.3 Å². The van der Waals surface area contributed by atoms with Crippen LogP contribution in [-0.4, -0.2) is 33.4 Å². The van der Waals surface area contributed by atoms with Gasteiger partial charge in [-0.1, -0.05) is 6.07 Å². The van der Waals surface area contributed by atoms with Crippen LogP contribution in [0.2, 0.25) is 0 Å². The lowest BCUT2D eigenvalue weighted by Crippen LogP contribution is -2.37. The first kappa shape index (κ1) is 15.9. The van der Waals surface area contributed by atoms with Crippen molar-refractivity contribution >= 4 is 5.91 Å². The zero-order valence-corrected chi connectivity index (χ0v) is 13.0. The first-order valence-electron chi connectivity index (χ1n) is 7.44. The van der Waals surface area contributed by atoms with Crippen LogP contribution in [0.3, 0.4) is 0 Å². The summed E-state index contributed by atoms with van der Waals surface area (Å²) in [6, 6.07) is 7.44. The molecule has 0 radical (unpaired) electrons. The van der Waals surface area contributed by atoms with Gasteiger partial charge in [-0.25, -0.2) is 0 Å². The van der Waals surface area contributed by atoms with Gasteiger partial charge in [0.25, 0.3) is 5.56 Å². The lowest BCUT2D eigenvalue weighted by atomic mass is 10.2. The van der Waals surface area contributed by atoms with Gasteiger partial charge in [0.2, 0.25) is 5.91 Å². The van der Waals surface area contributed by atoms with Crippen LogP contribution < -0.4 is 5.56 Å². The smallest absolute Gasteiger partial charge is 0.253 e. The normalized spacial score (nSPS) is 10.5. The lowest BCUT2D eigenvalue weighted by Gasteiger charge is -2.21. The summed E-state index contributed by atoms with van der Waals surface area (Å²) in [6.07, 6.45) is 5.94. The van der Waals surface area contributed by atoms with Crippen LogP contribution in [0.15, 0.2) is 47.7 Å². The van der Waals surface area contributed by atoms with E-state index in [1.807, 2.05) is 19.1 Å². The van der Waals surface area contributed by atoms with Gasteiger partial charge in [-0.05, 0) is 44.0 Å². The molecule has 0 spiro atoms. The SMILES string of the molecule is CCN(CCc1ccncc1)C(=O)Cn1cccc(C)c1=O. The number of rotatable bonds is 6. The second-order valence-corrected chi connectivity index (χ2v) is 5.20. The van der Waals surface area contributed by atoms with Crippen LogP contribution in [-0.2, 0) is 17.8 Å². The summed E-state index contributed by atoms with van der Waals surface area (Å²) in [5.41, 5.74) is 1.69. The molecule has 0 aliphatic heterocycles. The van der Waals surface area contributed by atoms with Crippen LogP contribution in [0.25, 0.3) is 0 Å². The van der Waals surface area contributed by atoms with Crippen molar-refractivity contribution in [2.24, 2.45) is 0 Å².